The predicted molar refractivity (Wildman–Crippen MR) is 117 cm³/mol. The minimum Gasteiger partial charge on any atom is -0.497 e. The number of carbonyl (C=O) groups is 1. The molecule has 3 nitrogen and oxygen atoms in total. The second kappa shape index (κ2) is 7.13. The van der Waals surface area contributed by atoms with E-state index in [-0.39, 0.29) is 29.1 Å². The molecule has 1 N–H and O–H groups in total. The number of allylic oxidation sites excluding steroid dienone is 4. The lowest BCUT2D eigenvalue weighted by Crippen LogP contribution is -2.45. The van der Waals surface area contributed by atoms with Crippen LogP contribution in [0.4, 0.5) is 0 Å². The Morgan fingerprint density at radius 3 is 2.67 bits per heavy atom. The summed E-state index contributed by atoms with van der Waals surface area (Å²) in [6, 6.07) is 8.40. The number of benzene rings is 1. The summed E-state index contributed by atoms with van der Waals surface area (Å²) in [7, 11) is 1.69. The predicted octanol–water partition coefficient (Wildman–Crippen LogP) is 4.81. The lowest BCUT2D eigenvalue weighted by atomic mass is 9.53. The molecule has 0 radical (unpaired) electrons. The van der Waals surface area contributed by atoms with Gasteiger partial charge in [-0.25, -0.2) is 0 Å². The molecule has 4 aliphatic rings. The van der Waals surface area contributed by atoms with Crippen molar-refractivity contribution >= 4 is 5.78 Å². The maximum absolute atomic E-state index is 12.5. The van der Waals surface area contributed by atoms with Gasteiger partial charge in [0.25, 0.3) is 0 Å². The van der Waals surface area contributed by atoms with E-state index in [0.29, 0.717) is 18.3 Å². The fourth-order valence-corrected chi connectivity index (χ4v) is 6.92. The molecule has 6 atom stereocenters. The summed E-state index contributed by atoms with van der Waals surface area (Å²) in [5.74, 6) is 4.56. The van der Waals surface area contributed by atoms with Gasteiger partial charge in [0.2, 0.25) is 0 Å². The van der Waals surface area contributed by atoms with Crippen molar-refractivity contribution in [3.05, 3.63) is 52.6 Å². The van der Waals surface area contributed by atoms with Gasteiger partial charge in [0.05, 0.1) is 19.1 Å². The van der Waals surface area contributed by atoms with Crippen molar-refractivity contribution in [3.63, 3.8) is 0 Å². The number of fused-ring (bicyclic) bond motifs is 4. The van der Waals surface area contributed by atoms with E-state index in [4.69, 9.17) is 11.2 Å². The van der Waals surface area contributed by atoms with Gasteiger partial charge in [-0.2, -0.15) is 0 Å². The van der Waals surface area contributed by atoms with Crippen molar-refractivity contribution in [3.8, 4) is 18.1 Å². The first kappa shape index (κ1) is 19.6. The summed E-state index contributed by atoms with van der Waals surface area (Å²) in [5, 5.41) is 10.9. The van der Waals surface area contributed by atoms with Crippen LogP contribution in [0.15, 0.2) is 47.1 Å². The molecule has 0 amide bonds. The maximum atomic E-state index is 12.5. The molecule has 1 aromatic carbocycles. The first-order valence-electron chi connectivity index (χ1n) is 11.2. The van der Waals surface area contributed by atoms with Crippen LogP contribution in [0.2, 0.25) is 0 Å². The van der Waals surface area contributed by atoms with Crippen LogP contribution >= 0.6 is 0 Å². The van der Waals surface area contributed by atoms with Crippen molar-refractivity contribution in [2.45, 2.75) is 57.5 Å². The Hall–Kier alpha value is -2.31. The number of ketones is 1. The van der Waals surface area contributed by atoms with Crippen LogP contribution in [-0.4, -0.2) is 24.1 Å². The van der Waals surface area contributed by atoms with Gasteiger partial charge >= 0.3 is 0 Å². The van der Waals surface area contributed by atoms with Gasteiger partial charge < -0.3 is 9.84 Å². The van der Waals surface area contributed by atoms with Crippen LogP contribution in [0.1, 0.15) is 56.9 Å². The molecule has 3 heteroatoms. The number of hydrogen-bond donors (Lipinski definition) is 1. The van der Waals surface area contributed by atoms with Crippen molar-refractivity contribution in [2.24, 2.45) is 23.2 Å². The Bertz CT molecular complexity index is 976. The average Bonchev–Trinajstić information content (AvgIpc) is 3.06. The van der Waals surface area contributed by atoms with E-state index in [9.17, 15) is 9.90 Å². The Morgan fingerprint density at radius 1 is 1.20 bits per heavy atom. The third-order valence-corrected chi connectivity index (χ3v) is 8.51. The Morgan fingerprint density at radius 2 is 1.97 bits per heavy atom. The smallest absolute Gasteiger partial charge is 0.171 e. The van der Waals surface area contributed by atoms with E-state index < -0.39 is 0 Å². The van der Waals surface area contributed by atoms with Crippen LogP contribution in [-0.2, 0) is 4.79 Å². The number of ether oxygens (including phenoxy) is 1. The van der Waals surface area contributed by atoms with Gasteiger partial charge in [-0.1, -0.05) is 30.6 Å². The summed E-state index contributed by atoms with van der Waals surface area (Å²) in [6.07, 6.45) is 12.9. The number of hydrogen-bond acceptors (Lipinski definition) is 3. The first-order valence-corrected chi connectivity index (χ1v) is 11.2. The monoisotopic (exact) mass is 402 g/mol. The van der Waals surface area contributed by atoms with Crippen LogP contribution in [0.5, 0.6) is 5.75 Å². The Labute approximate surface area is 179 Å². The van der Waals surface area contributed by atoms with E-state index in [1.807, 2.05) is 18.2 Å². The average molecular weight is 403 g/mol. The zero-order valence-electron chi connectivity index (χ0n) is 17.9. The first-order chi connectivity index (χ1) is 14.5. The van der Waals surface area contributed by atoms with Gasteiger partial charge in [-0.3, -0.25) is 4.79 Å². The largest absolute Gasteiger partial charge is 0.497 e. The molecular weight excluding hydrogens is 372 g/mol. The zero-order chi connectivity index (χ0) is 21.0. The van der Waals surface area contributed by atoms with E-state index >= 15 is 0 Å². The molecule has 1 aromatic rings. The number of terminal acetylenes is 1. The molecule has 1 unspecified atom stereocenters. The number of carbonyl (C=O) groups excluding carboxylic acids is 1. The highest BCUT2D eigenvalue weighted by Gasteiger charge is 2.56. The number of aliphatic hydroxyl groups excluding tert-OH is 1. The molecule has 0 saturated heterocycles. The van der Waals surface area contributed by atoms with Gasteiger partial charge in [0.15, 0.2) is 5.78 Å². The van der Waals surface area contributed by atoms with Crippen molar-refractivity contribution < 1.29 is 14.6 Å². The van der Waals surface area contributed by atoms with Gasteiger partial charge in [0.1, 0.15) is 5.75 Å². The maximum Gasteiger partial charge on any atom is 0.171 e. The number of rotatable bonds is 2. The second-order valence-electron chi connectivity index (χ2n) is 9.81. The SMILES string of the molecule is C#CC1CC2=C3[C@@H](CCC2=CC1=O)[C@@H]1CC[C@@H](O)[C@]1(C)C[C@@H]3c1ccc(OC)cc1. The second-order valence-corrected chi connectivity index (χ2v) is 9.81. The molecular formula is C27H30O3. The lowest BCUT2D eigenvalue weighted by molar-refractivity contribution is -0.117. The lowest BCUT2D eigenvalue weighted by Gasteiger charge is -2.52. The van der Waals surface area contributed by atoms with Gasteiger partial charge in [-0.05, 0) is 90.7 Å². The highest BCUT2D eigenvalue weighted by atomic mass is 16.5. The zero-order valence-corrected chi connectivity index (χ0v) is 17.9. The quantitative estimate of drug-likeness (QED) is 0.722. The van der Waals surface area contributed by atoms with Crippen LogP contribution in [0.25, 0.3) is 0 Å². The fraction of sp³-hybridized carbons (Fsp3) is 0.519. The molecule has 2 saturated carbocycles. The van der Waals surface area contributed by atoms with Crippen LogP contribution in [0.3, 0.4) is 0 Å². The molecule has 156 valence electrons. The number of methoxy groups -OCH3 is 1. The molecule has 4 aliphatic carbocycles. The molecule has 0 heterocycles. The molecule has 0 aromatic heterocycles. The summed E-state index contributed by atoms with van der Waals surface area (Å²) >= 11 is 0. The molecule has 0 bridgehead atoms. The normalized spacial score (nSPS) is 37.6. The third kappa shape index (κ3) is 2.81. The summed E-state index contributed by atoms with van der Waals surface area (Å²) in [6.45, 7) is 2.30. The van der Waals surface area contributed by atoms with Crippen molar-refractivity contribution in [2.75, 3.05) is 7.11 Å². The standard InChI is InChI=1S/C27H30O3/c1-4-16-13-21-18(14-24(16)28)7-10-20-23-11-12-25(29)27(23,2)15-22(26(20)21)17-5-8-19(30-3)9-6-17/h1,5-6,8-9,14,16,20,22-23,25,29H,7,10-13,15H2,2-3H3/t16?,20-,22+,23-,25+,27+/m0/s1. The van der Waals surface area contributed by atoms with Crippen molar-refractivity contribution in [1.29, 1.82) is 0 Å². The summed E-state index contributed by atoms with van der Waals surface area (Å²) < 4.78 is 5.37. The fourth-order valence-electron chi connectivity index (χ4n) is 6.92. The van der Waals surface area contributed by atoms with E-state index in [1.54, 1.807) is 7.11 Å². The molecule has 0 aliphatic heterocycles. The Balaban J connectivity index is 1.67. The van der Waals surface area contributed by atoms with Gasteiger partial charge in [0, 0.05) is 5.92 Å². The minimum absolute atomic E-state index is 0.0590. The van der Waals surface area contributed by atoms with Crippen LogP contribution < -0.4 is 4.74 Å². The van der Waals surface area contributed by atoms with Crippen LogP contribution in [0, 0.1) is 35.5 Å². The minimum atomic E-state index is -0.339. The van der Waals surface area contributed by atoms with E-state index in [2.05, 4.69) is 25.0 Å². The van der Waals surface area contributed by atoms with Crippen molar-refractivity contribution in [1.82, 2.24) is 0 Å². The summed E-state index contributed by atoms with van der Waals surface area (Å²) in [4.78, 5) is 12.5. The number of aliphatic hydroxyl groups is 1. The highest BCUT2D eigenvalue weighted by Crippen LogP contribution is 2.63. The third-order valence-electron chi connectivity index (χ3n) is 8.51. The molecule has 2 fully saturated rings. The van der Waals surface area contributed by atoms with Gasteiger partial charge in [-0.15, -0.1) is 6.42 Å². The van der Waals surface area contributed by atoms with E-state index in [1.165, 1.54) is 22.3 Å². The topological polar surface area (TPSA) is 46.5 Å². The Kier molecular flexibility index (Phi) is 4.67. The molecule has 0 spiro atoms. The van der Waals surface area contributed by atoms with E-state index in [0.717, 1.165) is 37.9 Å². The molecule has 30 heavy (non-hydrogen) atoms. The summed E-state index contributed by atoms with van der Waals surface area (Å²) in [5.41, 5.74) is 5.27. The molecule has 5 rings (SSSR count). The highest BCUT2D eigenvalue weighted by molar-refractivity contribution is 5.97.